The van der Waals surface area contributed by atoms with Crippen LogP contribution in [0.2, 0.25) is 5.02 Å². The van der Waals surface area contributed by atoms with E-state index in [1.54, 1.807) is 18.2 Å². The smallest absolute Gasteiger partial charge is 0.342 e. The van der Waals surface area contributed by atoms with E-state index in [9.17, 15) is 4.79 Å². The van der Waals surface area contributed by atoms with E-state index in [2.05, 4.69) is 5.32 Å². The quantitative estimate of drug-likeness (QED) is 0.867. The van der Waals surface area contributed by atoms with Gasteiger partial charge in [-0.1, -0.05) is 11.6 Å². The van der Waals surface area contributed by atoms with E-state index in [4.69, 9.17) is 21.1 Å². The minimum Gasteiger partial charge on any atom is -0.496 e. The molecule has 0 atom stereocenters. The summed E-state index contributed by atoms with van der Waals surface area (Å²) in [5.74, 6) is 0.432. The van der Waals surface area contributed by atoms with Gasteiger partial charge in [-0.05, 0) is 58.0 Å². The SMILES string of the molecule is COc1cc(Cl)ccc1C(=O)OC(C)(C)C1CCNCC1. The molecule has 1 fully saturated rings. The Morgan fingerprint density at radius 2 is 2.00 bits per heavy atom. The van der Waals surface area contributed by atoms with Crippen LogP contribution in [-0.4, -0.2) is 31.8 Å². The molecular weight excluding hydrogens is 290 g/mol. The van der Waals surface area contributed by atoms with Gasteiger partial charge < -0.3 is 14.8 Å². The first-order chi connectivity index (χ1) is 9.94. The van der Waals surface area contributed by atoms with E-state index in [-0.39, 0.29) is 5.97 Å². The average Bonchev–Trinajstić information content (AvgIpc) is 2.47. The Labute approximate surface area is 130 Å². The van der Waals surface area contributed by atoms with Gasteiger partial charge in [-0.2, -0.15) is 0 Å². The molecule has 0 spiro atoms. The normalized spacial score (nSPS) is 16.6. The summed E-state index contributed by atoms with van der Waals surface area (Å²) in [7, 11) is 1.51. The van der Waals surface area contributed by atoms with E-state index < -0.39 is 5.60 Å². The van der Waals surface area contributed by atoms with Gasteiger partial charge in [-0.3, -0.25) is 0 Å². The predicted molar refractivity (Wildman–Crippen MR) is 83.1 cm³/mol. The van der Waals surface area contributed by atoms with Crippen molar-refractivity contribution in [3.63, 3.8) is 0 Å². The number of esters is 1. The maximum atomic E-state index is 12.4. The van der Waals surface area contributed by atoms with E-state index >= 15 is 0 Å². The second-order valence-corrected chi connectivity index (χ2v) is 6.30. The van der Waals surface area contributed by atoms with Crippen molar-refractivity contribution in [2.75, 3.05) is 20.2 Å². The summed E-state index contributed by atoms with van der Waals surface area (Å²) in [6.07, 6.45) is 2.02. The molecule has 5 heteroatoms. The number of halogens is 1. The van der Waals surface area contributed by atoms with E-state index in [0.29, 0.717) is 22.3 Å². The van der Waals surface area contributed by atoms with Crippen LogP contribution >= 0.6 is 11.6 Å². The summed E-state index contributed by atoms with van der Waals surface area (Å²) in [5, 5.41) is 3.85. The minimum absolute atomic E-state index is 0.362. The standard InChI is InChI=1S/C16H22ClNO3/c1-16(2,11-6-8-18-9-7-11)21-15(19)13-5-4-12(17)10-14(13)20-3/h4-5,10-11,18H,6-9H2,1-3H3. The molecule has 4 nitrogen and oxygen atoms in total. The largest absolute Gasteiger partial charge is 0.496 e. The lowest BCUT2D eigenvalue weighted by Gasteiger charge is -2.36. The molecule has 1 aliphatic heterocycles. The van der Waals surface area contributed by atoms with Crippen LogP contribution in [0.5, 0.6) is 5.75 Å². The molecule has 116 valence electrons. The molecule has 0 amide bonds. The van der Waals surface area contributed by atoms with Crippen molar-refractivity contribution >= 4 is 17.6 Å². The summed E-state index contributed by atoms with van der Waals surface area (Å²) >= 11 is 5.92. The van der Waals surface area contributed by atoms with Gasteiger partial charge in [0.25, 0.3) is 0 Å². The third kappa shape index (κ3) is 3.89. The van der Waals surface area contributed by atoms with Gasteiger partial charge in [0, 0.05) is 10.9 Å². The Morgan fingerprint density at radius 3 is 2.62 bits per heavy atom. The molecule has 0 saturated carbocycles. The highest BCUT2D eigenvalue weighted by atomic mass is 35.5. The summed E-state index contributed by atoms with van der Waals surface area (Å²) < 4.78 is 11.0. The van der Waals surface area contributed by atoms with Crippen molar-refractivity contribution in [1.29, 1.82) is 0 Å². The maximum absolute atomic E-state index is 12.4. The first kappa shape index (κ1) is 16.1. The Hall–Kier alpha value is -1.26. The summed E-state index contributed by atoms with van der Waals surface area (Å²) in [4.78, 5) is 12.4. The monoisotopic (exact) mass is 311 g/mol. The zero-order chi connectivity index (χ0) is 15.5. The Balaban J connectivity index is 2.13. The Kier molecular flexibility index (Phi) is 5.12. The number of benzene rings is 1. The minimum atomic E-state index is -0.496. The first-order valence-electron chi connectivity index (χ1n) is 7.21. The fourth-order valence-electron chi connectivity index (χ4n) is 2.73. The van der Waals surface area contributed by atoms with Gasteiger partial charge in [0.2, 0.25) is 0 Å². The van der Waals surface area contributed by atoms with Crippen LogP contribution in [0, 0.1) is 5.92 Å². The second-order valence-electron chi connectivity index (χ2n) is 5.86. The molecular formula is C16H22ClNO3. The average molecular weight is 312 g/mol. The number of nitrogens with one attached hydrogen (secondary N) is 1. The molecule has 1 saturated heterocycles. The highest BCUT2D eigenvalue weighted by molar-refractivity contribution is 6.30. The van der Waals surface area contributed by atoms with Gasteiger partial charge in [0.1, 0.15) is 16.9 Å². The van der Waals surface area contributed by atoms with E-state index in [0.717, 1.165) is 25.9 Å². The fourth-order valence-corrected chi connectivity index (χ4v) is 2.89. The van der Waals surface area contributed by atoms with Crippen molar-refractivity contribution in [2.45, 2.75) is 32.3 Å². The van der Waals surface area contributed by atoms with Gasteiger partial charge >= 0.3 is 5.97 Å². The van der Waals surface area contributed by atoms with Crippen molar-refractivity contribution in [2.24, 2.45) is 5.92 Å². The lowest BCUT2D eigenvalue weighted by Crippen LogP contribution is -2.42. The summed E-state index contributed by atoms with van der Waals surface area (Å²) in [6, 6.07) is 4.93. The highest BCUT2D eigenvalue weighted by Crippen LogP contribution is 2.31. The van der Waals surface area contributed by atoms with Crippen molar-refractivity contribution in [3.05, 3.63) is 28.8 Å². The number of hydrogen-bond acceptors (Lipinski definition) is 4. The molecule has 1 aliphatic rings. The molecule has 0 unspecified atom stereocenters. The number of carbonyl (C=O) groups excluding carboxylic acids is 1. The summed E-state index contributed by atoms with van der Waals surface area (Å²) in [5.41, 5.74) is -0.0898. The molecule has 1 heterocycles. The molecule has 2 rings (SSSR count). The van der Waals surface area contributed by atoms with Gasteiger partial charge in [0.05, 0.1) is 7.11 Å². The number of methoxy groups -OCH3 is 1. The fraction of sp³-hybridized carbons (Fsp3) is 0.562. The van der Waals surface area contributed by atoms with Crippen LogP contribution in [0.3, 0.4) is 0 Å². The number of ether oxygens (including phenoxy) is 2. The molecule has 1 aromatic rings. The molecule has 0 radical (unpaired) electrons. The number of piperidine rings is 1. The van der Waals surface area contributed by atoms with Crippen LogP contribution in [0.15, 0.2) is 18.2 Å². The van der Waals surface area contributed by atoms with Gasteiger partial charge in [-0.25, -0.2) is 4.79 Å². The summed E-state index contributed by atoms with van der Waals surface area (Å²) in [6.45, 7) is 5.89. The van der Waals surface area contributed by atoms with Gasteiger partial charge in [0.15, 0.2) is 0 Å². The third-order valence-electron chi connectivity index (χ3n) is 4.06. The Bertz CT molecular complexity index is 510. The van der Waals surface area contributed by atoms with Gasteiger partial charge in [-0.15, -0.1) is 0 Å². The first-order valence-corrected chi connectivity index (χ1v) is 7.59. The van der Waals surface area contributed by atoms with Crippen molar-refractivity contribution in [1.82, 2.24) is 5.32 Å². The zero-order valence-corrected chi connectivity index (χ0v) is 13.5. The molecule has 0 aliphatic carbocycles. The molecule has 0 aromatic heterocycles. The lowest BCUT2D eigenvalue weighted by molar-refractivity contribution is -0.0370. The van der Waals surface area contributed by atoms with E-state index in [1.165, 1.54) is 7.11 Å². The Morgan fingerprint density at radius 1 is 1.33 bits per heavy atom. The molecule has 21 heavy (non-hydrogen) atoms. The lowest BCUT2D eigenvalue weighted by atomic mass is 9.83. The van der Waals surface area contributed by atoms with Crippen LogP contribution in [-0.2, 0) is 4.74 Å². The van der Waals surface area contributed by atoms with Crippen LogP contribution in [0.1, 0.15) is 37.0 Å². The molecule has 1 aromatic carbocycles. The van der Waals surface area contributed by atoms with Crippen molar-refractivity contribution in [3.8, 4) is 5.75 Å². The molecule has 1 N–H and O–H groups in total. The topological polar surface area (TPSA) is 47.6 Å². The maximum Gasteiger partial charge on any atom is 0.342 e. The second kappa shape index (κ2) is 6.67. The van der Waals surface area contributed by atoms with Crippen molar-refractivity contribution < 1.29 is 14.3 Å². The number of carbonyl (C=O) groups is 1. The van der Waals surface area contributed by atoms with Crippen LogP contribution in [0.4, 0.5) is 0 Å². The number of hydrogen-bond donors (Lipinski definition) is 1. The molecule has 0 bridgehead atoms. The van der Waals surface area contributed by atoms with Crippen LogP contribution in [0.25, 0.3) is 0 Å². The third-order valence-corrected chi connectivity index (χ3v) is 4.30. The van der Waals surface area contributed by atoms with Crippen LogP contribution < -0.4 is 10.1 Å². The highest BCUT2D eigenvalue weighted by Gasteiger charge is 2.34. The predicted octanol–water partition coefficient (Wildman–Crippen LogP) is 3.28. The van der Waals surface area contributed by atoms with E-state index in [1.807, 2.05) is 13.8 Å². The number of rotatable bonds is 4. The zero-order valence-electron chi connectivity index (χ0n) is 12.7.